The molecule has 0 saturated carbocycles. The molecule has 0 spiro atoms. The van der Waals surface area contributed by atoms with E-state index in [-0.39, 0.29) is 11.5 Å². The van der Waals surface area contributed by atoms with Crippen LogP contribution in [0, 0.1) is 0 Å². The number of nitrogens with one attached hydrogen (secondary N) is 1. The van der Waals surface area contributed by atoms with Crippen molar-refractivity contribution in [1.82, 2.24) is 4.31 Å². The summed E-state index contributed by atoms with van der Waals surface area (Å²) in [5.74, 6) is 0.209. The minimum Gasteiger partial charge on any atom is -0.508 e. The van der Waals surface area contributed by atoms with Gasteiger partial charge in [0.2, 0.25) is 0 Å². The van der Waals surface area contributed by atoms with Gasteiger partial charge in [-0.2, -0.15) is 0 Å². The van der Waals surface area contributed by atoms with E-state index in [1.54, 1.807) is 12.1 Å². The second kappa shape index (κ2) is 14.8. The summed E-state index contributed by atoms with van der Waals surface area (Å²) in [4.78, 5) is 0.767. The molecule has 194 valence electrons. The smallest absolute Gasteiger partial charge is 0.134 e. The molecule has 4 rings (SSSR count). The van der Waals surface area contributed by atoms with E-state index in [1.165, 1.54) is 78.9 Å². The lowest BCUT2D eigenvalue weighted by atomic mass is 10.0. The molecule has 1 heterocycles. The second-order valence-corrected chi connectivity index (χ2v) is 10.6. The maximum Gasteiger partial charge on any atom is 0.134 e. The molecule has 0 aliphatic carbocycles. The van der Waals surface area contributed by atoms with Crippen LogP contribution in [0.1, 0.15) is 76.0 Å². The van der Waals surface area contributed by atoms with Crippen molar-refractivity contribution in [2.75, 3.05) is 5.32 Å². The standard InChI is InChI=1S/C23H32N2O2S.C8H10/c1-3-5-6-8-19(7-4-2)24-20-10-9-17-15-25(16-18(17)13-20)28-23-12-11-21(26)14-22(23)27;1-2-8-6-4-3-5-7-8/h9-14,19,24,26-27H,3-8,15-16H2,1-2H3;3-7H,2H2,1H3. The topological polar surface area (TPSA) is 55.7 Å². The second-order valence-electron chi connectivity index (χ2n) is 9.49. The van der Waals surface area contributed by atoms with E-state index in [1.807, 2.05) is 6.07 Å². The minimum absolute atomic E-state index is 0.0860. The Morgan fingerprint density at radius 3 is 2.28 bits per heavy atom. The van der Waals surface area contributed by atoms with Crippen molar-refractivity contribution in [2.24, 2.45) is 0 Å². The van der Waals surface area contributed by atoms with Crippen LogP contribution in [-0.2, 0) is 19.5 Å². The number of phenols is 2. The van der Waals surface area contributed by atoms with Gasteiger partial charge in [-0.05, 0) is 72.2 Å². The molecule has 1 unspecified atom stereocenters. The zero-order valence-electron chi connectivity index (χ0n) is 22.0. The van der Waals surface area contributed by atoms with Crippen molar-refractivity contribution >= 4 is 17.6 Å². The lowest BCUT2D eigenvalue weighted by Gasteiger charge is -2.20. The summed E-state index contributed by atoms with van der Waals surface area (Å²) in [6.07, 6.45) is 8.66. The van der Waals surface area contributed by atoms with Gasteiger partial charge in [-0.1, -0.05) is 82.9 Å². The first kappa shape index (κ1) is 27.9. The Balaban J connectivity index is 0.000000383. The Labute approximate surface area is 221 Å². The number of anilines is 1. The quantitative estimate of drug-likeness (QED) is 0.180. The van der Waals surface area contributed by atoms with Gasteiger partial charge in [-0.15, -0.1) is 0 Å². The fraction of sp³-hybridized carbons (Fsp3) is 0.419. The van der Waals surface area contributed by atoms with Gasteiger partial charge in [-0.3, -0.25) is 0 Å². The number of hydrogen-bond donors (Lipinski definition) is 3. The van der Waals surface area contributed by atoms with Crippen LogP contribution in [0.25, 0.3) is 0 Å². The van der Waals surface area contributed by atoms with Crippen LogP contribution in [0.3, 0.4) is 0 Å². The van der Waals surface area contributed by atoms with Crippen molar-refractivity contribution < 1.29 is 10.2 Å². The number of aryl methyl sites for hydroxylation is 1. The minimum atomic E-state index is 0.0860. The monoisotopic (exact) mass is 506 g/mol. The Bertz CT molecular complexity index is 1060. The predicted octanol–water partition coefficient (Wildman–Crippen LogP) is 8.53. The third kappa shape index (κ3) is 8.79. The Hall–Kier alpha value is -2.63. The molecule has 36 heavy (non-hydrogen) atoms. The number of rotatable bonds is 11. The maximum absolute atomic E-state index is 10.0. The number of phenolic OH excluding ortho intramolecular Hbond substituents is 2. The summed E-state index contributed by atoms with van der Waals surface area (Å²) in [7, 11) is 0. The van der Waals surface area contributed by atoms with Crippen molar-refractivity contribution in [2.45, 2.75) is 89.7 Å². The Kier molecular flexibility index (Phi) is 11.5. The number of unbranched alkanes of at least 4 members (excludes halogenated alkanes) is 2. The molecule has 5 heteroatoms. The van der Waals surface area contributed by atoms with Crippen molar-refractivity contribution in [3.8, 4) is 11.5 Å². The van der Waals surface area contributed by atoms with Gasteiger partial charge in [0, 0.05) is 30.9 Å². The zero-order chi connectivity index (χ0) is 25.8. The third-order valence-corrected chi connectivity index (χ3v) is 7.54. The number of fused-ring (bicyclic) bond motifs is 1. The molecule has 3 aromatic carbocycles. The summed E-state index contributed by atoms with van der Waals surface area (Å²) in [6.45, 7) is 8.38. The number of hydrogen-bond acceptors (Lipinski definition) is 5. The van der Waals surface area contributed by atoms with E-state index in [0.717, 1.165) is 24.4 Å². The van der Waals surface area contributed by atoms with Gasteiger partial charge in [-0.25, -0.2) is 4.31 Å². The Morgan fingerprint density at radius 1 is 0.833 bits per heavy atom. The zero-order valence-corrected chi connectivity index (χ0v) is 22.9. The van der Waals surface area contributed by atoms with Crippen LogP contribution in [0.5, 0.6) is 11.5 Å². The molecule has 0 radical (unpaired) electrons. The summed E-state index contributed by atoms with van der Waals surface area (Å²) in [5.41, 5.74) is 5.31. The summed E-state index contributed by atoms with van der Waals surface area (Å²) < 4.78 is 2.24. The number of nitrogens with zero attached hydrogens (tertiary/aromatic N) is 1. The van der Waals surface area contributed by atoms with Crippen molar-refractivity contribution in [1.29, 1.82) is 0 Å². The van der Waals surface area contributed by atoms with Crippen LogP contribution in [0.4, 0.5) is 5.69 Å². The van der Waals surface area contributed by atoms with Crippen LogP contribution < -0.4 is 5.32 Å². The fourth-order valence-corrected chi connectivity index (χ4v) is 5.43. The van der Waals surface area contributed by atoms with Gasteiger partial charge >= 0.3 is 0 Å². The van der Waals surface area contributed by atoms with Crippen molar-refractivity contribution in [3.63, 3.8) is 0 Å². The van der Waals surface area contributed by atoms with Gasteiger partial charge < -0.3 is 15.5 Å². The largest absolute Gasteiger partial charge is 0.508 e. The number of aromatic hydroxyl groups is 2. The van der Waals surface area contributed by atoms with Gasteiger partial charge in [0.1, 0.15) is 11.5 Å². The molecule has 3 aromatic rings. The predicted molar refractivity (Wildman–Crippen MR) is 154 cm³/mol. The summed E-state index contributed by atoms with van der Waals surface area (Å²) in [6, 6.07) is 22.5. The van der Waals surface area contributed by atoms with E-state index in [0.29, 0.717) is 6.04 Å². The molecule has 1 aliphatic heterocycles. The van der Waals surface area contributed by atoms with E-state index in [4.69, 9.17) is 0 Å². The fourth-order valence-electron chi connectivity index (χ4n) is 4.47. The lowest BCUT2D eigenvalue weighted by molar-refractivity contribution is 0.439. The molecular formula is C31H42N2O2S. The molecule has 3 N–H and O–H groups in total. The average Bonchev–Trinajstić information content (AvgIpc) is 3.28. The van der Waals surface area contributed by atoms with Crippen LogP contribution in [0.2, 0.25) is 0 Å². The van der Waals surface area contributed by atoms with Crippen molar-refractivity contribution in [3.05, 3.63) is 83.4 Å². The highest BCUT2D eigenvalue weighted by molar-refractivity contribution is 7.97. The normalized spacial score (nSPS) is 13.5. The van der Waals surface area contributed by atoms with Crippen LogP contribution in [0.15, 0.2) is 71.6 Å². The molecule has 1 atom stereocenters. The molecule has 1 aliphatic rings. The van der Waals surface area contributed by atoms with Crippen LogP contribution in [-0.4, -0.2) is 20.6 Å². The molecule has 0 saturated heterocycles. The maximum atomic E-state index is 10.0. The van der Waals surface area contributed by atoms with Gasteiger partial charge in [0.05, 0.1) is 4.90 Å². The summed E-state index contributed by atoms with van der Waals surface area (Å²) >= 11 is 1.54. The Morgan fingerprint density at radius 2 is 1.61 bits per heavy atom. The van der Waals surface area contributed by atoms with E-state index in [2.05, 4.69) is 72.9 Å². The average molecular weight is 507 g/mol. The van der Waals surface area contributed by atoms with Crippen LogP contribution >= 0.6 is 11.9 Å². The van der Waals surface area contributed by atoms with E-state index >= 15 is 0 Å². The lowest BCUT2D eigenvalue weighted by Crippen LogP contribution is -2.19. The van der Waals surface area contributed by atoms with Gasteiger partial charge in [0.15, 0.2) is 0 Å². The molecule has 0 bridgehead atoms. The first-order chi connectivity index (χ1) is 17.5. The molecule has 0 amide bonds. The third-order valence-electron chi connectivity index (χ3n) is 6.48. The highest BCUT2D eigenvalue weighted by atomic mass is 32.2. The SMILES string of the molecule is CCCCCC(CCC)Nc1ccc2c(c1)CN(Sc1ccc(O)cc1O)C2.CCc1ccccc1. The van der Waals surface area contributed by atoms with E-state index < -0.39 is 0 Å². The molecule has 0 fully saturated rings. The highest BCUT2D eigenvalue weighted by Gasteiger charge is 2.21. The van der Waals surface area contributed by atoms with E-state index in [9.17, 15) is 10.2 Å². The first-order valence-electron chi connectivity index (χ1n) is 13.4. The van der Waals surface area contributed by atoms with Gasteiger partial charge in [0.25, 0.3) is 0 Å². The molecular weight excluding hydrogens is 464 g/mol. The molecule has 4 nitrogen and oxygen atoms in total. The number of benzene rings is 3. The summed E-state index contributed by atoms with van der Waals surface area (Å²) in [5, 5.41) is 23.2. The first-order valence-corrected chi connectivity index (χ1v) is 14.2. The highest BCUT2D eigenvalue weighted by Crippen LogP contribution is 2.38. The molecule has 0 aromatic heterocycles.